The van der Waals surface area contributed by atoms with E-state index >= 15 is 0 Å². The Balaban J connectivity index is 2.15. The van der Waals surface area contributed by atoms with E-state index in [-0.39, 0.29) is 5.56 Å². The van der Waals surface area contributed by atoms with Gasteiger partial charge in [-0.25, -0.2) is 4.98 Å². The summed E-state index contributed by atoms with van der Waals surface area (Å²) in [5, 5.41) is 1.65. The van der Waals surface area contributed by atoms with Gasteiger partial charge in [-0.15, -0.1) is 11.3 Å². The lowest BCUT2D eigenvalue weighted by molar-refractivity contribution is 0.727. The highest BCUT2D eigenvalue weighted by Crippen LogP contribution is 2.35. The number of nitrogens with zero attached hydrogens (tertiary/aromatic N) is 2. The van der Waals surface area contributed by atoms with Crippen molar-refractivity contribution >= 4 is 33.3 Å². The van der Waals surface area contributed by atoms with Gasteiger partial charge in [0, 0.05) is 17.7 Å². The van der Waals surface area contributed by atoms with Crippen LogP contribution in [0.25, 0.3) is 10.2 Å². The minimum Gasteiger partial charge on any atom is -0.290 e. The van der Waals surface area contributed by atoms with Crippen LogP contribution in [-0.2, 0) is 19.9 Å². The lowest BCUT2D eigenvalue weighted by Crippen LogP contribution is -2.20. The smallest absolute Gasteiger partial charge is 0.262 e. The molecule has 0 atom stereocenters. The van der Waals surface area contributed by atoms with Crippen LogP contribution >= 0.6 is 23.1 Å². The van der Waals surface area contributed by atoms with Crippen LogP contribution in [0, 0.1) is 0 Å². The number of rotatable bonds is 3. The lowest BCUT2D eigenvalue weighted by Gasteiger charge is -2.07. The van der Waals surface area contributed by atoms with Gasteiger partial charge in [0.05, 0.1) is 5.39 Å². The van der Waals surface area contributed by atoms with Gasteiger partial charge in [-0.3, -0.25) is 9.36 Å². The van der Waals surface area contributed by atoms with E-state index in [1.165, 1.54) is 16.9 Å². The van der Waals surface area contributed by atoms with Gasteiger partial charge < -0.3 is 0 Å². The molecule has 0 amide bonds. The average Bonchev–Trinajstić information content (AvgIpc) is 2.91. The molecule has 2 aromatic heterocycles. The zero-order valence-electron chi connectivity index (χ0n) is 11.2. The summed E-state index contributed by atoms with van der Waals surface area (Å²) in [6, 6.07) is 0. The second-order valence-corrected chi connectivity index (χ2v) is 7.07. The molecule has 0 saturated carbocycles. The van der Waals surface area contributed by atoms with Gasteiger partial charge in [0.1, 0.15) is 4.83 Å². The molecule has 3 nitrogen and oxygen atoms in total. The number of thioether (sulfide) groups is 1. The van der Waals surface area contributed by atoms with Crippen LogP contribution in [0.2, 0.25) is 0 Å². The molecule has 5 heteroatoms. The molecule has 0 bridgehead atoms. The van der Waals surface area contributed by atoms with Crippen molar-refractivity contribution in [2.45, 2.75) is 31.3 Å². The van der Waals surface area contributed by atoms with Crippen LogP contribution in [0.3, 0.4) is 0 Å². The summed E-state index contributed by atoms with van der Waals surface area (Å²) in [5.41, 5.74) is 2.45. The van der Waals surface area contributed by atoms with Crippen molar-refractivity contribution in [1.82, 2.24) is 9.55 Å². The first-order chi connectivity index (χ1) is 9.08. The fourth-order valence-electron chi connectivity index (χ4n) is 2.42. The molecular formula is C14H16N2OS2. The first-order valence-corrected chi connectivity index (χ1v) is 8.16. The Kier molecular flexibility index (Phi) is 3.27. The third-order valence-corrected chi connectivity index (χ3v) is 5.80. The van der Waals surface area contributed by atoms with Gasteiger partial charge in [0.25, 0.3) is 5.56 Å². The van der Waals surface area contributed by atoms with E-state index < -0.39 is 0 Å². The van der Waals surface area contributed by atoms with Crippen molar-refractivity contribution in [3.05, 3.63) is 32.9 Å². The van der Waals surface area contributed by atoms with Crippen molar-refractivity contribution in [3.8, 4) is 0 Å². The van der Waals surface area contributed by atoms with Gasteiger partial charge in [0.15, 0.2) is 5.16 Å². The molecule has 0 fully saturated rings. The van der Waals surface area contributed by atoms with E-state index in [0.29, 0.717) is 0 Å². The van der Waals surface area contributed by atoms with Crippen LogP contribution < -0.4 is 5.56 Å². The molecule has 0 radical (unpaired) electrons. The Morgan fingerprint density at radius 1 is 1.53 bits per heavy atom. The van der Waals surface area contributed by atoms with E-state index in [0.717, 1.165) is 39.5 Å². The van der Waals surface area contributed by atoms with Crippen LogP contribution in [0.5, 0.6) is 0 Å². The van der Waals surface area contributed by atoms with Crippen LogP contribution in [-0.4, -0.2) is 15.3 Å². The number of aryl methyl sites for hydroxylation is 2. The first kappa shape index (κ1) is 12.9. The van der Waals surface area contributed by atoms with Crippen LogP contribution in [0.15, 0.2) is 22.1 Å². The highest BCUT2D eigenvalue weighted by molar-refractivity contribution is 7.99. The zero-order chi connectivity index (χ0) is 13.6. The van der Waals surface area contributed by atoms with Crippen LogP contribution in [0.4, 0.5) is 0 Å². The number of aromatic nitrogens is 2. The van der Waals surface area contributed by atoms with Gasteiger partial charge in [-0.2, -0.15) is 0 Å². The number of hydrogen-bond donors (Lipinski definition) is 0. The molecule has 0 saturated heterocycles. The molecule has 100 valence electrons. The minimum absolute atomic E-state index is 0.105. The third kappa shape index (κ3) is 2.15. The molecule has 0 aromatic carbocycles. The fourth-order valence-corrected chi connectivity index (χ4v) is 4.54. The van der Waals surface area contributed by atoms with E-state index in [9.17, 15) is 4.79 Å². The van der Waals surface area contributed by atoms with Gasteiger partial charge >= 0.3 is 0 Å². The Morgan fingerprint density at radius 3 is 3.05 bits per heavy atom. The topological polar surface area (TPSA) is 34.9 Å². The molecule has 2 heterocycles. The highest BCUT2D eigenvalue weighted by Gasteiger charge is 2.22. The normalized spacial score (nSPS) is 14.0. The molecule has 19 heavy (non-hydrogen) atoms. The molecule has 0 N–H and O–H groups in total. The fraction of sp³-hybridized carbons (Fsp3) is 0.429. The molecule has 0 unspecified atom stereocenters. The summed E-state index contributed by atoms with van der Waals surface area (Å²) in [5.74, 6) is 0.802. The molecule has 0 spiro atoms. The van der Waals surface area contributed by atoms with Crippen molar-refractivity contribution in [2.24, 2.45) is 7.05 Å². The maximum Gasteiger partial charge on any atom is 0.262 e. The molecule has 0 aliphatic heterocycles. The molecule has 1 aliphatic rings. The molecule has 1 aliphatic carbocycles. The minimum atomic E-state index is 0.105. The zero-order valence-corrected chi connectivity index (χ0v) is 12.8. The average molecular weight is 292 g/mol. The first-order valence-electron chi connectivity index (χ1n) is 6.36. The van der Waals surface area contributed by atoms with E-state index in [2.05, 4.69) is 11.6 Å². The quantitative estimate of drug-likeness (QED) is 0.495. The molecular weight excluding hydrogens is 276 g/mol. The summed E-state index contributed by atoms with van der Waals surface area (Å²) >= 11 is 3.28. The number of fused-ring (bicyclic) bond motifs is 3. The van der Waals surface area contributed by atoms with Crippen molar-refractivity contribution < 1.29 is 0 Å². The predicted molar refractivity (Wildman–Crippen MR) is 82.4 cm³/mol. The molecule has 2 aromatic rings. The second-order valence-electron chi connectivity index (χ2n) is 5.04. The Hall–Kier alpha value is -1.07. The second kappa shape index (κ2) is 4.80. The van der Waals surface area contributed by atoms with Crippen molar-refractivity contribution in [1.29, 1.82) is 0 Å². The Labute approximate surface area is 120 Å². The van der Waals surface area contributed by atoms with Crippen molar-refractivity contribution in [2.75, 3.05) is 5.75 Å². The van der Waals surface area contributed by atoms with E-state index in [1.54, 1.807) is 27.7 Å². The predicted octanol–water partition coefficient (Wildman–Crippen LogP) is 3.15. The largest absolute Gasteiger partial charge is 0.290 e. The highest BCUT2D eigenvalue weighted by atomic mass is 32.2. The number of thiophene rings is 1. The summed E-state index contributed by atoms with van der Waals surface area (Å²) in [6.07, 6.45) is 3.31. The van der Waals surface area contributed by atoms with Gasteiger partial charge in [-0.1, -0.05) is 23.9 Å². The summed E-state index contributed by atoms with van der Waals surface area (Å²) in [6.45, 7) is 5.88. The monoisotopic (exact) mass is 292 g/mol. The van der Waals surface area contributed by atoms with E-state index in [1.807, 2.05) is 14.0 Å². The summed E-state index contributed by atoms with van der Waals surface area (Å²) in [7, 11) is 1.81. The van der Waals surface area contributed by atoms with Crippen LogP contribution in [0.1, 0.15) is 23.8 Å². The Morgan fingerprint density at radius 2 is 2.32 bits per heavy atom. The summed E-state index contributed by atoms with van der Waals surface area (Å²) in [4.78, 5) is 19.5. The van der Waals surface area contributed by atoms with Gasteiger partial charge in [-0.05, 0) is 31.7 Å². The number of hydrogen-bond acceptors (Lipinski definition) is 4. The lowest BCUT2D eigenvalue weighted by atomic mass is 10.2. The van der Waals surface area contributed by atoms with Crippen molar-refractivity contribution in [3.63, 3.8) is 0 Å². The Bertz CT molecular complexity index is 727. The maximum absolute atomic E-state index is 12.5. The standard InChI is InChI=1S/C14H16N2OS2/c1-8(2)7-18-14-15-12-11(13(17)16(14)3)9-5-4-6-10(9)19-12/h1,4-7H2,2-3H3. The summed E-state index contributed by atoms with van der Waals surface area (Å²) < 4.78 is 1.68. The van der Waals surface area contributed by atoms with E-state index in [4.69, 9.17) is 0 Å². The maximum atomic E-state index is 12.5. The molecule has 3 rings (SSSR count). The van der Waals surface area contributed by atoms with Gasteiger partial charge in [0.2, 0.25) is 0 Å². The third-order valence-electron chi connectivity index (χ3n) is 3.35. The SMILES string of the molecule is C=C(C)CSc1nc2sc3c(c2c(=O)n1C)CCC3.